The maximum absolute atomic E-state index is 3.58. The summed E-state index contributed by atoms with van der Waals surface area (Å²) in [4.78, 5) is 2.20. The van der Waals surface area contributed by atoms with Crippen molar-refractivity contribution in [2.45, 2.75) is 25.8 Å². The Bertz CT molecular complexity index is 396. The average Bonchev–Trinajstić information content (AvgIpc) is 2.37. The Morgan fingerprint density at radius 1 is 1.28 bits per heavy atom. The fraction of sp³-hybridized carbons (Fsp3) is 0.500. The molecule has 2 rings (SSSR count). The lowest BCUT2D eigenvalue weighted by molar-refractivity contribution is 0.402. The van der Waals surface area contributed by atoms with Crippen molar-refractivity contribution in [1.29, 1.82) is 0 Å². The van der Waals surface area contributed by atoms with Crippen LogP contribution in [0, 0.1) is 5.92 Å². The Hall–Kier alpha value is -1.28. The first-order valence-electron chi connectivity index (χ1n) is 6.86. The molecule has 0 saturated carbocycles. The second-order valence-electron chi connectivity index (χ2n) is 5.47. The van der Waals surface area contributed by atoms with Crippen molar-refractivity contribution >= 4 is 5.69 Å². The third kappa shape index (κ3) is 4.19. The molecule has 1 atom stereocenters. The highest BCUT2D eigenvalue weighted by atomic mass is 15.0. The Kier molecular flexibility index (Phi) is 4.82. The zero-order chi connectivity index (χ0) is 12.8. The number of benzene rings is 1. The van der Waals surface area contributed by atoms with Crippen molar-refractivity contribution in [3.05, 3.63) is 42.0 Å². The van der Waals surface area contributed by atoms with E-state index in [-0.39, 0.29) is 0 Å². The van der Waals surface area contributed by atoms with Crippen molar-refractivity contribution in [3.63, 3.8) is 0 Å². The third-order valence-electron chi connectivity index (χ3n) is 3.40. The molecule has 1 unspecified atom stereocenters. The van der Waals surface area contributed by atoms with E-state index in [2.05, 4.69) is 60.7 Å². The zero-order valence-corrected chi connectivity index (χ0v) is 11.5. The molecule has 2 nitrogen and oxygen atoms in total. The normalized spacial score (nSPS) is 19.2. The molecule has 1 aromatic carbocycles. The van der Waals surface area contributed by atoms with Crippen LogP contribution in [-0.4, -0.2) is 25.5 Å². The van der Waals surface area contributed by atoms with Crippen LogP contribution in [0.5, 0.6) is 0 Å². The SMILES string of the molecule is CN(C)Cc1cccc(NCC2CC=CCC2)c1. The number of hydrogen-bond acceptors (Lipinski definition) is 2. The number of rotatable bonds is 5. The molecule has 0 saturated heterocycles. The first-order chi connectivity index (χ1) is 8.74. The van der Waals surface area contributed by atoms with Crippen molar-refractivity contribution < 1.29 is 0 Å². The number of anilines is 1. The van der Waals surface area contributed by atoms with Gasteiger partial charge in [-0.2, -0.15) is 0 Å². The monoisotopic (exact) mass is 244 g/mol. The summed E-state index contributed by atoms with van der Waals surface area (Å²) in [5, 5.41) is 3.58. The van der Waals surface area contributed by atoms with Crippen molar-refractivity contribution in [2.24, 2.45) is 5.92 Å². The highest BCUT2D eigenvalue weighted by molar-refractivity contribution is 5.45. The molecule has 0 amide bonds. The topological polar surface area (TPSA) is 15.3 Å². The van der Waals surface area contributed by atoms with Gasteiger partial charge >= 0.3 is 0 Å². The molecular formula is C16H24N2. The average molecular weight is 244 g/mol. The molecule has 0 heterocycles. The fourth-order valence-corrected chi connectivity index (χ4v) is 2.45. The van der Waals surface area contributed by atoms with Gasteiger partial charge in [-0.05, 0) is 57.0 Å². The number of allylic oxidation sites excluding steroid dienone is 2. The smallest absolute Gasteiger partial charge is 0.0343 e. The predicted octanol–water partition coefficient (Wildman–Crippen LogP) is 3.52. The van der Waals surface area contributed by atoms with Gasteiger partial charge in [0.2, 0.25) is 0 Å². The molecule has 1 N–H and O–H groups in total. The lowest BCUT2D eigenvalue weighted by atomic mass is 9.94. The summed E-state index contributed by atoms with van der Waals surface area (Å²) in [6, 6.07) is 8.76. The van der Waals surface area contributed by atoms with Crippen LogP contribution in [0.25, 0.3) is 0 Å². The second kappa shape index (κ2) is 6.60. The van der Waals surface area contributed by atoms with Crippen LogP contribution in [0.15, 0.2) is 36.4 Å². The largest absolute Gasteiger partial charge is 0.385 e. The molecule has 18 heavy (non-hydrogen) atoms. The molecule has 0 aromatic heterocycles. The summed E-state index contributed by atoms with van der Waals surface area (Å²) in [6.45, 7) is 2.09. The van der Waals surface area contributed by atoms with E-state index in [1.54, 1.807) is 0 Å². The maximum atomic E-state index is 3.58. The molecule has 0 aliphatic heterocycles. The van der Waals surface area contributed by atoms with Crippen LogP contribution >= 0.6 is 0 Å². The van der Waals surface area contributed by atoms with E-state index in [9.17, 15) is 0 Å². The zero-order valence-electron chi connectivity index (χ0n) is 11.5. The minimum absolute atomic E-state index is 0.799. The number of nitrogens with zero attached hydrogens (tertiary/aromatic N) is 1. The first kappa shape index (κ1) is 13.2. The summed E-state index contributed by atoms with van der Waals surface area (Å²) in [7, 11) is 4.21. The maximum Gasteiger partial charge on any atom is 0.0343 e. The molecule has 0 radical (unpaired) electrons. The minimum atomic E-state index is 0.799. The highest BCUT2D eigenvalue weighted by Gasteiger charge is 2.09. The fourth-order valence-electron chi connectivity index (χ4n) is 2.45. The van der Waals surface area contributed by atoms with E-state index in [0.29, 0.717) is 0 Å². The molecule has 1 aliphatic carbocycles. The van der Waals surface area contributed by atoms with Crippen LogP contribution in [0.3, 0.4) is 0 Å². The van der Waals surface area contributed by atoms with E-state index in [0.717, 1.165) is 19.0 Å². The second-order valence-corrected chi connectivity index (χ2v) is 5.47. The summed E-state index contributed by atoms with van der Waals surface area (Å²) in [5.41, 5.74) is 2.62. The summed E-state index contributed by atoms with van der Waals surface area (Å²) in [6.07, 6.45) is 8.41. The van der Waals surface area contributed by atoms with Gasteiger partial charge in [-0.1, -0.05) is 24.3 Å². The molecular weight excluding hydrogens is 220 g/mol. The molecule has 0 bridgehead atoms. The first-order valence-corrected chi connectivity index (χ1v) is 6.86. The summed E-state index contributed by atoms with van der Waals surface area (Å²) in [5.74, 6) is 0.799. The van der Waals surface area contributed by atoms with Crippen LogP contribution < -0.4 is 5.32 Å². The summed E-state index contributed by atoms with van der Waals surface area (Å²) < 4.78 is 0. The lowest BCUT2D eigenvalue weighted by Crippen LogP contribution is -2.15. The Labute approximate surface area is 111 Å². The van der Waals surface area contributed by atoms with Crippen LogP contribution in [0.4, 0.5) is 5.69 Å². The molecule has 2 heteroatoms. The van der Waals surface area contributed by atoms with E-state index in [1.165, 1.54) is 30.5 Å². The number of hydrogen-bond donors (Lipinski definition) is 1. The van der Waals surface area contributed by atoms with E-state index in [4.69, 9.17) is 0 Å². The number of nitrogens with one attached hydrogen (secondary N) is 1. The highest BCUT2D eigenvalue weighted by Crippen LogP contribution is 2.19. The molecule has 1 aromatic rings. The van der Waals surface area contributed by atoms with Gasteiger partial charge in [0.1, 0.15) is 0 Å². The molecule has 1 aliphatic rings. The Balaban J connectivity index is 1.86. The van der Waals surface area contributed by atoms with E-state index >= 15 is 0 Å². The molecule has 0 spiro atoms. The van der Waals surface area contributed by atoms with Gasteiger partial charge in [-0.3, -0.25) is 0 Å². The Morgan fingerprint density at radius 2 is 2.17 bits per heavy atom. The van der Waals surface area contributed by atoms with Gasteiger partial charge < -0.3 is 10.2 Å². The van der Waals surface area contributed by atoms with Gasteiger partial charge in [0, 0.05) is 18.8 Å². The van der Waals surface area contributed by atoms with E-state index < -0.39 is 0 Å². The van der Waals surface area contributed by atoms with Crippen LogP contribution in [0.2, 0.25) is 0 Å². The van der Waals surface area contributed by atoms with Crippen molar-refractivity contribution in [1.82, 2.24) is 4.90 Å². The minimum Gasteiger partial charge on any atom is -0.385 e. The third-order valence-corrected chi connectivity index (χ3v) is 3.40. The van der Waals surface area contributed by atoms with Crippen molar-refractivity contribution in [2.75, 3.05) is 26.0 Å². The standard InChI is InChI=1S/C16H24N2/c1-18(2)13-15-9-6-10-16(11-15)17-12-14-7-4-3-5-8-14/h3-4,6,9-11,14,17H,5,7-8,12-13H2,1-2H3. The van der Waals surface area contributed by atoms with Crippen LogP contribution in [-0.2, 0) is 6.54 Å². The molecule has 0 fully saturated rings. The summed E-state index contributed by atoms with van der Waals surface area (Å²) >= 11 is 0. The Morgan fingerprint density at radius 3 is 2.89 bits per heavy atom. The predicted molar refractivity (Wildman–Crippen MR) is 78.8 cm³/mol. The van der Waals surface area contributed by atoms with E-state index in [1.807, 2.05) is 0 Å². The molecule has 98 valence electrons. The lowest BCUT2D eigenvalue weighted by Gasteiger charge is -2.19. The van der Waals surface area contributed by atoms with Crippen LogP contribution in [0.1, 0.15) is 24.8 Å². The quantitative estimate of drug-likeness (QED) is 0.797. The van der Waals surface area contributed by atoms with Gasteiger partial charge in [-0.25, -0.2) is 0 Å². The van der Waals surface area contributed by atoms with Gasteiger partial charge in [0.25, 0.3) is 0 Å². The van der Waals surface area contributed by atoms with Gasteiger partial charge in [-0.15, -0.1) is 0 Å². The van der Waals surface area contributed by atoms with Gasteiger partial charge in [0.15, 0.2) is 0 Å². The van der Waals surface area contributed by atoms with Gasteiger partial charge in [0.05, 0.1) is 0 Å². The van der Waals surface area contributed by atoms with Crippen molar-refractivity contribution in [3.8, 4) is 0 Å².